The predicted octanol–water partition coefficient (Wildman–Crippen LogP) is 4.00. The van der Waals surface area contributed by atoms with Crippen LogP contribution in [0.5, 0.6) is 5.75 Å². The van der Waals surface area contributed by atoms with E-state index in [1.54, 1.807) is 30.3 Å². The zero-order chi connectivity index (χ0) is 25.7. The van der Waals surface area contributed by atoms with Crippen molar-refractivity contribution in [1.29, 1.82) is 0 Å². The molecule has 1 unspecified atom stereocenters. The second kappa shape index (κ2) is 11.1. The average Bonchev–Trinajstić information content (AvgIpc) is 3.07. The first-order valence-electron chi connectivity index (χ1n) is 11.5. The molecular formula is C26H31N3O6. The maximum Gasteiger partial charge on any atom is 0.295 e. The average molecular weight is 482 g/mol. The molecule has 1 aliphatic rings. The fourth-order valence-corrected chi connectivity index (χ4v) is 3.95. The number of Topliss-reactive ketones (excluding diaryl/α,β-unsaturated/α-hetero) is 1. The highest BCUT2D eigenvalue weighted by Crippen LogP contribution is 2.40. The van der Waals surface area contributed by atoms with Crippen LogP contribution in [0.1, 0.15) is 37.4 Å². The fraction of sp³-hybridized carbons (Fsp3) is 0.385. The van der Waals surface area contributed by atoms with Crippen LogP contribution in [0.2, 0.25) is 0 Å². The third-order valence-electron chi connectivity index (χ3n) is 5.65. The van der Waals surface area contributed by atoms with Gasteiger partial charge < -0.3 is 19.6 Å². The number of hydrogen-bond acceptors (Lipinski definition) is 7. The number of nitro benzene ring substituents is 1. The Hall–Kier alpha value is -3.72. The van der Waals surface area contributed by atoms with Gasteiger partial charge in [-0.15, -0.1) is 0 Å². The van der Waals surface area contributed by atoms with Crippen LogP contribution in [0, 0.1) is 16.0 Å². The van der Waals surface area contributed by atoms with Crippen molar-refractivity contribution in [3.63, 3.8) is 0 Å². The van der Waals surface area contributed by atoms with E-state index in [2.05, 4.69) is 0 Å². The predicted molar refractivity (Wildman–Crippen MR) is 132 cm³/mol. The summed E-state index contributed by atoms with van der Waals surface area (Å²) in [6.07, 6.45) is 0.591. The summed E-state index contributed by atoms with van der Waals surface area (Å²) < 4.78 is 5.68. The highest BCUT2D eigenvalue weighted by atomic mass is 16.6. The molecule has 1 N–H and O–H groups in total. The van der Waals surface area contributed by atoms with Crippen molar-refractivity contribution < 1.29 is 24.4 Å². The number of benzene rings is 2. The first-order chi connectivity index (χ1) is 16.6. The molecule has 9 heteroatoms. The van der Waals surface area contributed by atoms with Gasteiger partial charge in [-0.25, -0.2) is 0 Å². The number of carbonyl (C=O) groups is 2. The van der Waals surface area contributed by atoms with Crippen LogP contribution < -0.4 is 4.74 Å². The molecular weight excluding hydrogens is 450 g/mol. The Labute approximate surface area is 204 Å². The number of likely N-dealkylation sites (tertiary alicyclic amines) is 1. The standard InChI is InChI=1S/C26H31N3O6/c1-17(2)16-35-21-11-9-18(10-12-21)24(30)22-23(19-7-5-8-20(15-19)29(33)34)28(26(32)25(22)31)14-6-13-27(3)4/h5,7-12,15,17,23,30H,6,13-14,16H2,1-4H3/b24-22-. The van der Waals surface area contributed by atoms with Gasteiger partial charge in [0.15, 0.2) is 0 Å². The van der Waals surface area contributed by atoms with Gasteiger partial charge in [-0.3, -0.25) is 19.7 Å². The summed E-state index contributed by atoms with van der Waals surface area (Å²) in [6.45, 7) is 5.55. The molecule has 2 aromatic carbocycles. The van der Waals surface area contributed by atoms with E-state index in [9.17, 15) is 24.8 Å². The molecule has 0 saturated carbocycles. The molecule has 0 spiro atoms. The minimum absolute atomic E-state index is 0.0869. The van der Waals surface area contributed by atoms with Crippen molar-refractivity contribution in [2.45, 2.75) is 26.3 Å². The molecule has 1 aliphatic heterocycles. The molecule has 1 heterocycles. The normalized spacial score (nSPS) is 17.4. The van der Waals surface area contributed by atoms with Gasteiger partial charge >= 0.3 is 0 Å². The van der Waals surface area contributed by atoms with Crippen molar-refractivity contribution in [3.05, 3.63) is 75.3 Å². The molecule has 1 saturated heterocycles. The highest BCUT2D eigenvalue weighted by molar-refractivity contribution is 6.46. The van der Waals surface area contributed by atoms with Crippen LogP contribution in [-0.4, -0.2) is 65.3 Å². The monoisotopic (exact) mass is 481 g/mol. The Bertz CT molecular complexity index is 1120. The number of amides is 1. The van der Waals surface area contributed by atoms with Crippen LogP contribution in [0.25, 0.3) is 5.76 Å². The molecule has 0 radical (unpaired) electrons. The molecule has 1 fully saturated rings. The van der Waals surface area contributed by atoms with Gasteiger partial charge in [0.05, 0.1) is 23.1 Å². The number of aliphatic hydroxyl groups is 1. The molecule has 2 aromatic rings. The first-order valence-corrected chi connectivity index (χ1v) is 11.5. The molecule has 35 heavy (non-hydrogen) atoms. The maximum atomic E-state index is 13.1. The number of aliphatic hydroxyl groups excluding tert-OH is 1. The lowest BCUT2D eigenvalue weighted by Gasteiger charge is -2.25. The van der Waals surface area contributed by atoms with Crippen LogP contribution in [0.4, 0.5) is 5.69 Å². The quantitative estimate of drug-likeness (QED) is 0.179. The van der Waals surface area contributed by atoms with E-state index in [0.29, 0.717) is 42.4 Å². The van der Waals surface area contributed by atoms with Crippen molar-refractivity contribution in [3.8, 4) is 5.75 Å². The molecule has 9 nitrogen and oxygen atoms in total. The van der Waals surface area contributed by atoms with E-state index in [1.165, 1.54) is 23.1 Å². The summed E-state index contributed by atoms with van der Waals surface area (Å²) in [5.74, 6) is -0.913. The van der Waals surface area contributed by atoms with Gasteiger partial charge in [0.25, 0.3) is 17.4 Å². The number of nitro groups is 1. The Balaban J connectivity index is 2.04. The third kappa shape index (κ3) is 6.05. The summed E-state index contributed by atoms with van der Waals surface area (Å²) in [5.41, 5.74) is 0.495. The highest BCUT2D eigenvalue weighted by Gasteiger charge is 2.46. The number of rotatable bonds is 10. The summed E-state index contributed by atoms with van der Waals surface area (Å²) in [6, 6.07) is 11.5. The largest absolute Gasteiger partial charge is 0.507 e. The molecule has 1 amide bonds. The van der Waals surface area contributed by atoms with E-state index in [-0.39, 0.29) is 23.6 Å². The van der Waals surface area contributed by atoms with E-state index in [0.717, 1.165) is 0 Å². The molecule has 0 aliphatic carbocycles. The third-order valence-corrected chi connectivity index (χ3v) is 5.65. The second-order valence-electron chi connectivity index (χ2n) is 9.23. The number of non-ortho nitro benzene ring substituents is 1. The molecule has 3 rings (SSSR count). The number of nitrogens with zero attached hydrogens (tertiary/aromatic N) is 3. The van der Waals surface area contributed by atoms with Crippen LogP contribution >= 0.6 is 0 Å². The Morgan fingerprint density at radius 2 is 1.86 bits per heavy atom. The lowest BCUT2D eigenvalue weighted by atomic mass is 9.95. The summed E-state index contributed by atoms with van der Waals surface area (Å²) >= 11 is 0. The van der Waals surface area contributed by atoms with Crippen molar-refractivity contribution in [1.82, 2.24) is 9.80 Å². The minimum atomic E-state index is -0.936. The fourth-order valence-electron chi connectivity index (χ4n) is 3.95. The van der Waals surface area contributed by atoms with Gasteiger partial charge in [-0.1, -0.05) is 26.0 Å². The van der Waals surface area contributed by atoms with E-state index >= 15 is 0 Å². The Kier molecular flexibility index (Phi) is 8.24. The molecule has 0 aromatic heterocycles. The first kappa shape index (κ1) is 25.9. The van der Waals surface area contributed by atoms with Crippen LogP contribution in [-0.2, 0) is 9.59 Å². The van der Waals surface area contributed by atoms with E-state index in [1.807, 2.05) is 32.8 Å². The lowest BCUT2D eigenvalue weighted by Crippen LogP contribution is -2.32. The van der Waals surface area contributed by atoms with Crippen LogP contribution in [0.3, 0.4) is 0 Å². The van der Waals surface area contributed by atoms with Crippen LogP contribution in [0.15, 0.2) is 54.1 Å². The second-order valence-corrected chi connectivity index (χ2v) is 9.23. The topological polar surface area (TPSA) is 113 Å². The Morgan fingerprint density at radius 1 is 1.17 bits per heavy atom. The molecule has 1 atom stereocenters. The van der Waals surface area contributed by atoms with Crippen molar-refractivity contribution >= 4 is 23.1 Å². The molecule has 186 valence electrons. The number of ether oxygens (including phenoxy) is 1. The van der Waals surface area contributed by atoms with Gasteiger partial charge in [0, 0.05) is 24.2 Å². The molecule has 0 bridgehead atoms. The van der Waals surface area contributed by atoms with Gasteiger partial charge in [0.2, 0.25) is 0 Å². The summed E-state index contributed by atoms with van der Waals surface area (Å²) in [7, 11) is 3.81. The van der Waals surface area contributed by atoms with Gasteiger partial charge in [-0.2, -0.15) is 0 Å². The van der Waals surface area contributed by atoms with Crippen molar-refractivity contribution in [2.75, 3.05) is 33.8 Å². The van der Waals surface area contributed by atoms with E-state index in [4.69, 9.17) is 4.74 Å². The zero-order valence-corrected chi connectivity index (χ0v) is 20.4. The summed E-state index contributed by atoms with van der Waals surface area (Å²) in [5, 5.41) is 22.5. The number of ketones is 1. The number of hydrogen-bond donors (Lipinski definition) is 1. The smallest absolute Gasteiger partial charge is 0.295 e. The minimum Gasteiger partial charge on any atom is -0.507 e. The van der Waals surface area contributed by atoms with Gasteiger partial charge in [-0.05, 0) is 62.8 Å². The van der Waals surface area contributed by atoms with Crippen molar-refractivity contribution in [2.24, 2.45) is 5.92 Å². The number of carbonyl (C=O) groups excluding carboxylic acids is 2. The maximum absolute atomic E-state index is 13.1. The lowest BCUT2D eigenvalue weighted by molar-refractivity contribution is -0.384. The van der Waals surface area contributed by atoms with Gasteiger partial charge in [0.1, 0.15) is 11.5 Å². The van der Waals surface area contributed by atoms with E-state index < -0.39 is 22.7 Å². The Morgan fingerprint density at radius 3 is 2.46 bits per heavy atom. The summed E-state index contributed by atoms with van der Waals surface area (Å²) in [4.78, 5) is 40.3. The SMILES string of the molecule is CC(C)COc1ccc(/C(O)=C2/C(=O)C(=O)N(CCCN(C)C)C2c2cccc([N+](=O)[O-])c2)cc1. The zero-order valence-electron chi connectivity index (χ0n) is 20.4.